The maximum Gasteiger partial charge on any atom is 0.394 e. The lowest BCUT2D eigenvalue weighted by Gasteiger charge is -2.26. The third kappa shape index (κ3) is 2.50. The first-order valence-corrected chi connectivity index (χ1v) is 5.16. The second-order valence-corrected chi connectivity index (χ2v) is 5.44. The van der Waals surface area contributed by atoms with Gasteiger partial charge in [-0.1, -0.05) is 13.8 Å². The normalized spacial score (nSPS) is 13.3. The first-order chi connectivity index (χ1) is 6.22. The smallest absolute Gasteiger partial charge is 0.171 e. The van der Waals surface area contributed by atoms with Crippen LogP contribution < -0.4 is 0 Å². The quantitative estimate of drug-likeness (QED) is 0.704. The monoisotopic (exact) mass is 222 g/mol. The van der Waals surface area contributed by atoms with Crippen molar-refractivity contribution < 1.29 is 13.2 Å². The van der Waals surface area contributed by atoms with Gasteiger partial charge in [0.25, 0.3) is 0 Å². The molecule has 0 nitrogen and oxygen atoms in total. The van der Waals surface area contributed by atoms with Gasteiger partial charge in [-0.2, -0.15) is 13.2 Å². The Bertz CT molecular complexity index is 309. The van der Waals surface area contributed by atoms with E-state index < -0.39 is 11.6 Å². The summed E-state index contributed by atoms with van der Waals surface area (Å²) < 4.78 is 37.6. The summed E-state index contributed by atoms with van der Waals surface area (Å²) >= 11 is 1.43. The Morgan fingerprint density at radius 3 is 2.14 bits per heavy atom. The molecule has 1 aromatic heterocycles. The van der Waals surface area contributed by atoms with Crippen LogP contribution in [0.4, 0.5) is 13.2 Å². The fourth-order valence-electron chi connectivity index (χ4n) is 1.12. The zero-order valence-electron chi connectivity index (χ0n) is 8.40. The first-order valence-electron chi connectivity index (χ1n) is 4.34. The van der Waals surface area contributed by atoms with Gasteiger partial charge in [0.2, 0.25) is 0 Å². The molecule has 0 spiro atoms. The predicted octanol–water partition coefficient (Wildman–Crippen LogP) is 4.19. The second kappa shape index (κ2) is 3.57. The summed E-state index contributed by atoms with van der Waals surface area (Å²) in [6.45, 7) is 4.37. The van der Waals surface area contributed by atoms with Crippen molar-refractivity contribution in [1.29, 1.82) is 0 Å². The van der Waals surface area contributed by atoms with E-state index in [9.17, 15) is 13.2 Å². The van der Waals surface area contributed by atoms with Crippen molar-refractivity contribution in [3.8, 4) is 0 Å². The van der Waals surface area contributed by atoms with Crippen LogP contribution in [-0.4, -0.2) is 6.18 Å². The largest absolute Gasteiger partial charge is 0.394 e. The standard InChI is InChI=1S/C10H13F3S/c1-7-4-5-8(14-7)6-9(2,3)10(11,12)13/h4-5H,6H2,1-3H3. The SMILES string of the molecule is Cc1ccc(CC(C)(C)C(F)(F)F)s1. The van der Waals surface area contributed by atoms with Crippen LogP contribution >= 0.6 is 11.3 Å². The Morgan fingerprint density at radius 2 is 1.79 bits per heavy atom. The molecule has 0 unspecified atom stereocenters. The minimum Gasteiger partial charge on any atom is -0.171 e. The highest BCUT2D eigenvalue weighted by Crippen LogP contribution is 2.41. The zero-order chi connectivity index (χ0) is 11.0. The lowest BCUT2D eigenvalue weighted by atomic mass is 9.88. The molecule has 0 N–H and O–H groups in total. The van der Waals surface area contributed by atoms with Gasteiger partial charge in [-0.3, -0.25) is 0 Å². The molecule has 1 rings (SSSR count). The molecule has 0 aromatic carbocycles. The molecule has 1 aromatic rings. The van der Waals surface area contributed by atoms with Crippen molar-refractivity contribution in [2.45, 2.75) is 33.4 Å². The van der Waals surface area contributed by atoms with Gasteiger partial charge in [-0.15, -0.1) is 11.3 Å². The molecule has 0 atom stereocenters. The van der Waals surface area contributed by atoms with Crippen LogP contribution in [0.25, 0.3) is 0 Å². The third-order valence-electron chi connectivity index (χ3n) is 2.18. The number of alkyl halides is 3. The van der Waals surface area contributed by atoms with Crippen LogP contribution in [0.3, 0.4) is 0 Å². The molecule has 0 saturated heterocycles. The maximum atomic E-state index is 12.5. The van der Waals surface area contributed by atoms with E-state index in [-0.39, 0.29) is 6.42 Å². The highest BCUT2D eigenvalue weighted by atomic mass is 32.1. The van der Waals surface area contributed by atoms with E-state index in [0.29, 0.717) is 0 Å². The molecule has 1 heterocycles. The summed E-state index contributed by atoms with van der Waals surface area (Å²) in [7, 11) is 0. The Labute approximate surface area is 85.8 Å². The van der Waals surface area contributed by atoms with Crippen LogP contribution in [0.5, 0.6) is 0 Å². The van der Waals surface area contributed by atoms with Gasteiger partial charge in [0.05, 0.1) is 5.41 Å². The molecule has 0 bridgehead atoms. The summed E-state index contributed by atoms with van der Waals surface area (Å²) in [5, 5.41) is 0. The lowest BCUT2D eigenvalue weighted by molar-refractivity contribution is -0.210. The minimum absolute atomic E-state index is 0.0645. The zero-order valence-corrected chi connectivity index (χ0v) is 9.22. The van der Waals surface area contributed by atoms with Gasteiger partial charge in [0.15, 0.2) is 0 Å². The van der Waals surface area contributed by atoms with E-state index in [4.69, 9.17) is 0 Å². The van der Waals surface area contributed by atoms with Crippen LogP contribution in [0.15, 0.2) is 12.1 Å². The van der Waals surface area contributed by atoms with E-state index in [1.165, 1.54) is 25.2 Å². The third-order valence-corrected chi connectivity index (χ3v) is 3.18. The van der Waals surface area contributed by atoms with Crippen LogP contribution in [-0.2, 0) is 6.42 Å². The van der Waals surface area contributed by atoms with Crippen molar-refractivity contribution in [3.63, 3.8) is 0 Å². The molecule has 0 aliphatic rings. The van der Waals surface area contributed by atoms with Crippen molar-refractivity contribution in [3.05, 3.63) is 21.9 Å². The van der Waals surface area contributed by atoms with Crippen molar-refractivity contribution >= 4 is 11.3 Å². The number of hydrogen-bond acceptors (Lipinski definition) is 1. The van der Waals surface area contributed by atoms with E-state index >= 15 is 0 Å². The molecule has 0 aliphatic heterocycles. The topological polar surface area (TPSA) is 0 Å². The number of halogens is 3. The molecule has 0 radical (unpaired) electrons. The molecular weight excluding hydrogens is 209 g/mol. The van der Waals surface area contributed by atoms with Gasteiger partial charge in [0, 0.05) is 9.75 Å². The number of hydrogen-bond donors (Lipinski definition) is 0. The van der Waals surface area contributed by atoms with E-state index in [2.05, 4.69) is 0 Å². The van der Waals surface area contributed by atoms with Gasteiger partial charge in [-0.25, -0.2) is 0 Å². The van der Waals surface area contributed by atoms with Gasteiger partial charge in [0.1, 0.15) is 0 Å². The van der Waals surface area contributed by atoms with Crippen LogP contribution in [0.2, 0.25) is 0 Å². The first kappa shape index (κ1) is 11.6. The molecule has 0 aliphatic carbocycles. The van der Waals surface area contributed by atoms with Crippen LogP contribution in [0.1, 0.15) is 23.6 Å². The van der Waals surface area contributed by atoms with Gasteiger partial charge >= 0.3 is 6.18 Å². The lowest BCUT2D eigenvalue weighted by Crippen LogP contribution is -2.33. The van der Waals surface area contributed by atoms with E-state index in [1.807, 2.05) is 13.0 Å². The summed E-state index contributed by atoms with van der Waals surface area (Å²) in [5.74, 6) is 0. The molecule has 80 valence electrons. The fourth-order valence-corrected chi connectivity index (χ4v) is 2.23. The molecule has 0 amide bonds. The molecule has 14 heavy (non-hydrogen) atoms. The average molecular weight is 222 g/mol. The van der Waals surface area contributed by atoms with Crippen molar-refractivity contribution in [2.75, 3.05) is 0 Å². The van der Waals surface area contributed by atoms with E-state index in [0.717, 1.165) is 9.75 Å². The summed E-state index contributed by atoms with van der Waals surface area (Å²) in [4.78, 5) is 1.85. The molecule has 0 fully saturated rings. The minimum atomic E-state index is -4.13. The highest BCUT2D eigenvalue weighted by Gasteiger charge is 2.47. The maximum absolute atomic E-state index is 12.5. The Morgan fingerprint density at radius 1 is 1.21 bits per heavy atom. The fraction of sp³-hybridized carbons (Fsp3) is 0.600. The second-order valence-electron chi connectivity index (χ2n) is 4.07. The highest BCUT2D eigenvalue weighted by molar-refractivity contribution is 7.11. The number of rotatable bonds is 2. The molecule has 0 saturated carbocycles. The summed E-state index contributed by atoms with van der Waals surface area (Å²) in [5.41, 5.74) is -1.63. The summed E-state index contributed by atoms with van der Waals surface area (Å²) in [6, 6.07) is 3.62. The number of thiophene rings is 1. The average Bonchev–Trinajstić information content (AvgIpc) is 2.31. The van der Waals surface area contributed by atoms with Crippen LogP contribution in [0, 0.1) is 12.3 Å². The Hall–Kier alpha value is -0.510. The van der Waals surface area contributed by atoms with Crippen molar-refractivity contribution in [2.24, 2.45) is 5.41 Å². The Balaban J connectivity index is 2.78. The van der Waals surface area contributed by atoms with Gasteiger partial charge < -0.3 is 0 Å². The predicted molar refractivity (Wildman–Crippen MR) is 52.6 cm³/mol. The van der Waals surface area contributed by atoms with Gasteiger partial charge in [-0.05, 0) is 25.5 Å². The summed E-state index contributed by atoms with van der Waals surface area (Å²) in [6.07, 6.45) is -4.07. The molecular formula is C10H13F3S. The Kier molecular flexibility index (Phi) is 2.95. The van der Waals surface area contributed by atoms with E-state index in [1.54, 1.807) is 6.07 Å². The molecule has 4 heteroatoms. The number of aryl methyl sites for hydroxylation is 1. The van der Waals surface area contributed by atoms with Crippen molar-refractivity contribution in [1.82, 2.24) is 0 Å².